The first kappa shape index (κ1) is 9.33. The summed E-state index contributed by atoms with van der Waals surface area (Å²) in [6.07, 6.45) is 5.79. The average molecular weight is 200 g/mol. The van der Waals surface area contributed by atoms with Crippen LogP contribution >= 0.6 is 0 Å². The van der Waals surface area contributed by atoms with Crippen molar-refractivity contribution in [3.05, 3.63) is 42.2 Å². The van der Waals surface area contributed by atoms with Gasteiger partial charge in [-0.05, 0) is 12.1 Å². The first-order chi connectivity index (χ1) is 7.27. The smallest absolute Gasteiger partial charge is 0.328 e. The van der Waals surface area contributed by atoms with Crippen LogP contribution in [-0.4, -0.2) is 21.0 Å². The van der Waals surface area contributed by atoms with Gasteiger partial charge < -0.3 is 5.11 Å². The molecule has 0 aliphatic heterocycles. The summed E-state index contributed by atoms with van der Waals surface area (Å²) >= 11 is 0. The van der Waals surface area contributed by atoms with E-state index in [0.29, 0.717) is 5.52 Å². The molecule has 0 saturated heterocycles. The normalized spacial score (nSPS) is 10.9. The number of rotatable bonds is 2. The second-order valence-corrected chi connectivity index (χ2v) is 2.94. The molecule has 4 heteroatoms. The Balaban J connectivity index is 2.56. The van der Waals surface area contributed by atoms with Crippen molar-refractivity contribution in [2.75, 3.05) is 0 Å². The van der Waals surface area contributed by atoms with Crippen molar-refractivity contribution < 1.29 is 9.90 Å². The Kier molecular flexibility index (Phi) is 2.41. The number of carboxylic acid groups (broad SMARTS) is 1. The van der Waals surface area contributed by atoms with Gasteiger partial charge in [0.2, 0.25) is 0 Å². The highest BCUT2D eigenvalue weighted by Crippen LogP contribution is 2.14. The zero-order valence-corrected chi connectivity index (χ0v) is 7.79. The number of carbonyl (C=O) groups is 1. The van der Waals surface area contributed by atoms with E-state index in [0.717, 1.165) is 17.2 Å². The topological polar surface area (TPSA) is 63.1 Å². The summed E-state index contributed by atoms with van der Waals surface area (Å²) in [7, 11) is 0. The molecule has 0 aliphatic carbocycles. The highest BCUT2D eigenvalue weighted by atomic mass is 16.4. The molecule has 1 aromatic heterocycles. The molecule has 4 nitrogen and oxygen atoms in total. The van der Waals surface area contributed by atoms with Gasteiger partial charge in [0.25, 0.3) is 0 Å². The van der Waals surface area contributed by atoms with Crippen LogP contribution in [0.5, 0.6) is 0 Å². The number of hydrogen-bond donors (Lipinski definition) is 1. The van der Waals surface area contributed by atoms with Gasteiger partial charge in [-0.1, -0.05) is 12.1 Å². The number of hydrogen-bond acceptors (Lipinski definition) is 3. The SMILES string of the molecule is O=C(O)/C=C/c1cccc2nccnc12. The molecule has 0 bridgehead atoms. The second kappa shape index (κ2) is 3.88. The number of benzene rings is 1. The van der Waals surface area contributed by atoms with Gasteiger partial charge in [0.15, 0.2) is 0 Å². The molecule has 1 N–H and O–H groups in total. The third-order valence-electron chi connectivity index (χ3n) is 1.94. The van der Waals surface area contributed by atoms with Crippen LogP contribution in [0.3, 0.4) is 0 Å². The largest absolute Gasteiger partial charge is 0.478 e. The lowest BCUT2D eigenvalue weighted by Crippen LogP contribution is -1.88. The summed E-state index contributed by atoms with van der Waals surface area (Å²) in [6.45, 7) is 0. The van der Waals surface area contributed by atoms with Gasteiger partial charge in [-0.3, -0.25) is 9.97 Å². The van der Waals surface area contributed by atoms with Crippen molar-refractivity contribution in [1.82, 2.24) is 9.97 Å². The van der Waals surface area contributed by atoms with Crippen LogP contribution in [0.4, 0.5) is 0 Å². The Morgan fingerprint density at radius 1 is 1.27 bits per heavy atom. The van der Waals surface area contributed by atoms with E-state index in [4.69, 9.17) is 5.11 Å². The van der Waals surface area contributed by atoms with Crippen molar-refractivity contribution in [3.8, 4) is 0 Å². The van der Waals surface area contributed by atoms with E-state index >= 15 is 0 Å². The first-order valence-electron chi connectivity index (χ1n) is 4.38. The van der Waals surface area contributed by atoms with Gasteiger partial charge in [0.1, 0.15) is 0 Å². The maximum absolute atomic E-state index is 10.4. The Morgan fingerprint density at radius 2 is 2.07 bits per heavy atom. The molecular weight excluding hydrogens is 192 g/mol. The fourth-order valence-corrected chi connectivity index (χ4v) is 1.31. The van der Waals surface area contributed by atoms with Crippen molar-refractivity contribution in [2.45, 2.75) is 0 Å². The summed E-state index contributed by atoms with van der Waals surface area (Å²) in [5.41, 5.74) is 2.21. The first-order valence-corrected chi connectivity index (χ1v) is 4.38. The van der Waals surface area contributed by atoms with E-state index in [1.807, 2.05) is 12.1 Å². The summed E-state index contributed by atoms with van der Waals surface area (Å²) in [6, 6.07) is 5.45. The van der Waals surface area contributed by atoms with Gasteiger partial charge in [0, 0.05) is 24.0 Å². The van der Waals surface area contributed by atoms with E-state index in [1.54, 1.807) is 18.5 Å². The Labute approximate surface area is 85.9 Å². The van der Waals surface area contributed by atoms with Gasteiger partial charge >= 0.3 is 5.97 Å². The third-order valence-corrected chi connectivity index (χ3v) is 1.94. The van der Waals surface area contributed by atoms with E-state index < -0.39 is 5.97 Å². The van der Waals surface area contributed by atoms with E-state index in [2.05, 4.69) is 9.97 Å². The molecule has 0 amide bonds. The fourth-order valence-electron chi connectivity index (χ4n) is 1.31. The second-order valence-electron chi connectivity index (χ2n) is 2.94. The Morgan fingerprint density at radius 3 is 2.87 bits per heavy atom. The van der Waals surface area contributed by atoms with Gasteiger partial charge in [-0.15, -0.1) is 0 Å². The molecule has 74 valence electrons. The highest BCUT2D eigenvalue weighted by Gasteiger charge is 1.99. The lowest BCUT2D eigenvalue weighted by molar-refractivity contribution is -0.131. The minimum atomic E-state index is -0.976. The van der Waals surface area contributed by atoms with Crippen LogP contribution in [-0.2, 0) is 4.79 Å². The van der Waals surface area contributed by atoms with E-state index in [-0.39, 0.29) is 0 Å². The zero-order chi connectivity index (χ0) is 10.7. The number of para-hydroxylation sites is 1. The van der Waals surface area contributed by atoms with Crippen molar-refractivity contribution in [1.29, 1.82) is 0 Å². The molecule has 0 aliphatic rings. The summed E-state index contributed by atoms with van der Waals surface area (Å²) in [5.74, 6) is -0.976. The molecule has 0 atom stereocenters. The molecule has 0 spiro atoms. The molecule has 1 heterocycles. The maximum atomic E-state index is 10.4. The third kappa shape index (κ3) is 1.99. The van der Waals surface area contributed by atoms with Crippen LogP contribution in [0.1, 0.15) is 5.56 Å². The summed E-state index contributed by atoms with van der Waals surface area (Å²) < 4.78 is 0. The predicted molar refractivity (Wildman–Crippen MR) is 56.2 cm³/mol. The zero-order valence-electron chi connectivity index (χ0n) is 7.79. The molecule has 2 rings (SSSR count). The standard InChI is InChI=1S/C11H8N2O2/c14-10(15)5-4-8-2-1-3-9-11(8)13-7-6-12-9/h1-7H,(H,14,15)/b5-4+. The molecule has 1 aromatic carbocycles. The highest BCUT2D eigenvalue weighted by molar-refractivity contribution is 5.90. The van der Waals surface area contributed by atoms with Crippen LogP contribution in [0, 0.1) is 0 Å². The molecular formula is C11H8N2O2. The Bertz CT molecular complexity index is 530. The van der Waals surface area contributed by atoms with Gasteiger partial charge in [-0.2, -0.15) is 0 Å². The molecule has 15 heavy (non-hydrogen) atoms. The fraction of sp³-hybridized carbons (Fsp3) is 0. The van der Waals surface area contributed by atoms with Crippen LogP contribution in [0.2, 0.25) is 0 Å². The monoisotopic (exact) mass is 200 g/mol. The maximum Gasteiger partial charge on any atom is 0.328 e. The van der Waals surface area contributed by atoms with Crippen LogP contribution in [0.25, 0.3) is 17.1 Å². The van der Waals surface area contributed by atoms with E-state index in [9.17, 15) is 4.79 Å². The number of nitrogens with zero attached hydrogens (tertiary/aromatic N) is 2. The molecule has 0 radical (unpaired) electrons. The molecule has 0 saturated carbocycles. The summed E-state index contributed by atoms with van der Waals surface area (Å²) in [4.78, 5) is 18.7. The van der Waals surface area contributed by atoms with Gasteiger partial charge in [0.05, 0.1) is 11.0 Å². The van der Waals surface area contributed by atoms with Crippen molar-refractivity contribution >= 4 is 23.1 Å². The van der Waals surface area contributed by atoms with Gasteiger partial charge in [-0.25, -0.2) is 4.79 Å². The lowest BCUT2D eigenvalue weighted by Gasteiger charge is -1.98. The van der Waals surface area contributed by atoms with Crippen molar-refractivity contribution in [3.63, 3.8) is 0 Å². The molecule has 0 fully saturated rings. The molecule has 2 aromatic rings. The lowest BCUT2D eigenvalue weighted by atomic mass is 10.1. The van der Waals surface area contributed by atoms with Crippen LogP contribution in [0.15, 0.2) is 36.7 Å². The molecule has 0 unspecified atom stereocenters. The number of aliphatic carboxylic acids is 1. The number of carboxylic acids is 1. The van der Waals surface area contributed by atoms with Crippen molar-refractivity contribution in [2.24, 2.45) is 0 Å². The average Bonchev–Trinajstić information content (AvgIpc) is 2.26. The quantitative estimate of drug-likeness (QED) is 0.750. The van der Waals surface area contributed by atoms with E-state index in [1.165, 1.54) is 6.08 Å². The minimum absolute atomic E-state index is 0.706. The number of fused-ring (bicyclic) bond motifs is 1. The Hall–Kier alpha value is -2.23. The predicted octanol–water partition coefficient (Wildman–Crippen LogP) is 1.73. The van der Waals surface area contributed by atoms with Crippen LogP contribution < -0.4 is 0 Å². The summed E-state index contributed by atoms with van der Waals surface area (Å²) in [5, 5.41) is 8.52. The minimum Gasteiger partial charge on any atom is -0.478 e. The number of aromatic nitrogens is 2.